The summed E-state index contributed by atoms with van der Waals surface area (Å²) >= 11 is 0. The van der Waals surface area contributed by atoms with E-state index < -0.39 is 0 Å². The van der Waals surface area contributed by atoms with E-state index in [0.29, 0.717) is 32.2 Å². The molecular weight excluding hydrogens is 663 g/mol. The Balaban J connectivity index is 1.98. The van der Waals surface area contributed by atoms with Gasteiger partial charge in [-0.2, -0.15) is 0 Å². The first-order valence-electron chi connectivity index (χ1n) is 22.2. The highest BCUT2D eigenvalue weighted by Gasteiger charge is 2.24. The molecule has 0 N–H and O–H groups in total. The lowest BCUT2D eigenvalue weighted by molar-refractivity contribution is -0.144. The second-order valence-corrected chi connectivity index (χ2v) is 15.6. The van der Waals surface area contributed by atoms with E-state index in [2.05, 4.69) is 42.5 Å². The molecule has 53 heavy (non-hydrogen) atoms. The smallest absolute Gasteiger partial charge is 0.305 e. The maximum absolute atomic E-state index is 12.8. The lowest BCUT2D eigenvalue weighted by atomic mass is 9.79. The van der Waals surface area contributed by atoms with Gasteiger partial charge in [0.25, 0.3) is 0 Å². The van der Waals surface area contributed by atoms with Crippen LogP contribution < -0.4 is 0 Å². The van der Waals surface area contributed by atoms with Crippen LogP contribution in [0.4, 0.5) is 0 Å². The summed E-state index contributed by atoms with van der Waals surface area (Å²) in [6.45, 7) is 14.9. The predicted molar refractivity (Wildman–Crippen MR) is 217 cm³/mol. The average molecular weight is 742 g/mol. The molecule has 0 radical (unpaired) electrons. The molecule has 2 unspecified atom stereocenters. The molecule has 0 aromatic rings. The third kappa shape index (κ3) is 24.8. The molecule has 0 amide bonds. The topological polar surface area (TPSA) is 74.3 Å². The molecule has 0 aromatic carbocycles. The standard InChI is InChI=1S/C46H79NO6/c1-4-7-16-24-41-31-37-52-45(48)29-20-14-10-12-18-26-43(51-36-23-22-33-47-34-39-50-40-35-47)27-19-13-11-15-21-30-46(49)53-38-32-42(25-17-8-5-2)44(41)28-9-6-3/h41-43H,3-5,7-8,10-27,29-40H2,1-2H3. The summed E-state index contributed by atoms with van der Waals surface area (Å²) in [7, 11) is 0. The SMILES string of the molecule is C=C=C=C=C1C(CCCCC)CCOC(=O)CCCCCCCC(OCCCCN2CCOCC2)CCCCCCCC(=O)OCCC1CCCCC. The van der Waals surface area contributed by atoms with E-state index in [1.165, 1.54) is 50.5 Å². The first-order valence-corrected chi connectivity index (χ1v) is 22.2. The van der Waals surface area contributed by atoms with E-state index in [1.807, 2.05) is 0 Å². The fraction of sp³-hybridized carbons (Fsp3) is 0.848. The van der Waals surface area contributed by atoms with Gasteiger partial charge >= 0.3 is 11.9 Å². The number of carbonyl (C=O) groups is 2. The summed E-state index contributed by atoms with van der Waals surface area (Å²) in [5.41, 5.74) is 10.5. The zero-order chi connectivity index (χ0) is 38.0. The van der Waals surface area contributed by atoms with Crippen molar-refractivity contribution in [3.05, 3.63) is 29.3 Å². The van der Waals surface area contributed by atoms with E-state index in [9.17, 15) is 9.59 Å². The maximum atomic E-state index is 12.8. The molecule has 2 heterocycles. The molecule has 2 aliphatic heterocycles. The van der Waals surface area contributed by atoms with Crippen molar-refractivity contribution in [3.8, 4) is 0 Å². The molecule has 304 valence electrons. The van der Waals surface area contributed by atoms with Gasteiger partial charge < -0.3 is 18.9 Å². The van der Waals surface area contributed by atoms with Crippen LogP contribution in [0.25, 0.3) is 0 Å². The van der Waals surface area contributed by atoms with E-state index >= 15 is 0 Å². The van der Waals surface area contributed by atoms with Crippen LogP contribution in [0, 0.1) is 11.8 Å². The highest BCUT2D eigenvalue weighted by molar-refractivity contribution is 5.69. The van der Waals surface area contributed by atoms with E-state index in [-0.39, 0.29) is 23.8 Å². The van der Waals surface area contributed by atoms with Crippen molar-refractivity contribution in [2.45, 2.75) is 187 Å². The molecule has 2 atom stereocenters. The summed E-state index contributed by atoms with van der Waals surface area (Å²) in [6.07, 6.45) is 27.3. The van der Waals surface area contributed by atoms with Crippen molar-refractivity contribution in [1.29, 1.82) is 0 Å². The van der Waals surface area contributed by atoms with Crippen LogP contribution in [-0.4, -0.2) is 75.6 Å². The van der Waals surface area contributed by atoms with Gasteiger partial charge in [0.1, 0.15) is 0 Å². The number of hydrogen-bond donors (Lipinski definition) is 0. The van der Waals surface area contributed by atoms with Crippen molar-refractivity contribution in [2.24, 2.45) is 11.8 Å². The predicted octanol–water partition coefficient (Wildman–Crippen LogP) is 11.2. The lowest BCUT2D eigenvalue weighted by Gasteiger charge is -2.26. The van der Waals surface area contributed by atoms with Crippen molar-refractivity contribution >= 4 is 11.9 Å². The van der Waals surface area contributed by atoms with Crippen molar-refractivity contribution in [1.82, 2.24) is 4.90 Å². The van der Waals surface area contributed by atoms with Gasteiger partial charge in [-0.05, 0) is 100 Å². The first-order chi connectivity index (χ1) is 26.1. The van der Waals surface area contributed by atoms with Gasteiger partial charge in [-0.1, -0.05) is 115 Å². The molecule has 7 heteroatoms. The molecule has 0 spiro atoms. The molecule has 0 bridgehead atoms. The van der Waals surface area contributed by atoms with Crippen LogP contribution in [0.15, 0.2) is 29.3 Å². The van der Waals surface area contributed by atoms with Crippen LogP contribution in [0.3, 0.4) is 0 Å². The highest BCUT2D eigenvalue weighted by Crippen LogP contribution is 2.33. The Kier molecular flexibility index (Phi) is 29.5. The number of morpholine rings is 1. The van der Waals surface area contributed by atoms with Crippen molar-refractivity contribution in [2.75, 3.05) is 52.7 Å². The number of hydrogen-bond acceptors (Lipinski definition) is 7. The number of allylic oxidation sites excluding steroid dienone is 1. The lowest BCUT2D eigenvalue weighted by Crippen LogP contribution is -2.36. The maximum Gasteiger partial charge on any atom is 0.305 e. The summed E-state index contributed by atoms with van der Waals surface area (Å²) in [6, 6.07) is 0. The van der Waals surface area contributed by atoms with Crippen LogP contribution in [0.2, 0.25) is 0 Å². The fourth-order valence-electron chi connectivity index (χ4n) is 7.79. The quantitative estimate of drug-likeness (QED) is 0.0997. The molecule has 2 rings (SSSR count). The summed E-state index contributed by atoms with van der Waals surface area (Å²) < 4.78 is 23.6. The molecule has 2 saturated heterocycles. The van der Waals surface area contributed by atoms with Crippen LogP contribution >= 0.6 is 0 Å². The summed E-state index contributed by atoms with van der Waals surface area (Å²) in [5.74, 6) is 0.302. The number of carbonyl (C=O) groups excluding carboxylic acids is 2. The molecule has 7 nitrogen and oxygen atoms in total. The summed E-state index contributed by atoms with van der Waals surface area (Å²) in [5, 5.41) is 0. The van der Waals surface area contributed by atoms with Crippen molar-refractivity contribution < 1.29 is 28.5 Å². The largest absolute Gasteiger partial charge is 0.466 e. The second kappa shape index (κ2) is 33.3. The van der Waals surface area contributed by atoms with Crippen molar-refractivity contribution in [3.63, 3.8) is 0 Å². The Hall–Kier alpha value is -2.10. The minimum Gasteiger partial charge on any atom is -0.466 e. The molecule has 0 saturated carbocycles. The van der Waals surface area contributed by atoms with Gasteiger partial charge in [-0.25, -0.2) is 0 Å². The number of esters is 2. The zero-order valence-electron chi connectivity index (χ0n) is 34.4. The molecule has 0 aromatic heterocycles. The Morgan fingerprint density at radius 2 is 1.19 bits per heavy atom. The fourth-order valence-corrected chi connectivity index (χ4v) is 7.79. The minimum atomic E-state index is -0.0840. The third-order valence-electron chi connectivity index (χ3n) is 11.1. The number of nitrogens with zero attached hydrogens (tertiary/aromatic N) is 1. The minimum absolute atomic E-state index is 0.0840. The van der Waals surface area contributed by atoms with Gasteiger partial charge in [0, 0.05) is 32.5 Å². The first kappa shape index (κ1) is 47.1. The van der Waals surface area contributed by atoms with E-state index in [4.69, 9.17) is 18.9 Å². The van der Waals surface area contributed by atoms with Gasteiger partial charge in [-0.15, -0.1) is 0 Å². The number of cyclic esters (lactones) is 2. The highest BCUT2D eigenvalue weighted by atomic mass is 16.5. The second-order valence-electron chi connectivity index (χ2n) is 15.6. The molecular formula is C46H79NO6. The van der Waals surface area contributed by atoms with Crippen LogP contribution in [0.1, 0.15) is 181 Å². The monoisotopic (exact) mass is 742 g/mol. The average Bonchev–Trinajstić information content (AvgIpc) is 3.16. The third-order valence-corrected chi connectivity index (χ3v) is 11.1. The Morgan fingerprint density at radius 3 is 1.72 bits per heavy atom. The number of unbranched alkanes of at least 4 members (excludes halogenated alkanes) is 5. The van der Waals surface area contributed by atoms with E-state index in [1.54, 1.807) is 0 Å². The van der Waals surface area contributed by atoms with Crippen LogP contribution in [-0.2, 0) is 28.5 Å². The van der Waals surface area contributed by atoms with Gasteiger partial charge in [0.15, 0.2) is 0 Å². The normalized spacial score (nSPS) is 23.6. The molecule has 0 aliphatic carbocycles. The molecule has 2 aliphatic rings. The Bertz CT molecular complexity index is 998. The van der Waals surface area contributed by atoms with E-state index in [0.717, 1.165) is 149 Å². The Morgan fingerprint density at radius 1 is 0.660 bits per heavy atom. The Labute approximate surface area is 325 Å². The molecule has 2 fully saturated rings. The summed E-state index contributed by atoms with van der Waals surface area (Å²) in [4.78, 5) is 28.0. The number of rotatable bonds is 14. The van der Waals surface area contributed by atoms with Gasteiger partial charge in [0.2, 0.25) is 0 Å². The van der Waals surface area contributed by atoms with Gasteiger partial charge in [-0.3, -0.25) is 14.5 Å². The van der Waals surface area contributed by atoms with Crippen LogP contribution in [0.5, 0.6) is 0 Å². The van der Waals surface area contributed by atoms with Gasteiger partial charge in [0.05, 0.1) is 32.5 Å². The zero-order valence-corrected chi connectivity index (χ0v) is 34.4. The number of ether oxygens (including phenoxy) is 4.